The zero-order valence-electron chi connectivity index (χ0n) is 23.5. The van der Waals surface area contributed by atoms with Crippen molar-refractivity contribution in [2.75, 3.05) is 26.1 Å². The number of aromatic nitrogens is 5. The van der Waals surface area contributed by atoms with Crippen molar-refractivity contribution >= 4 is 40.3 Å². The Bertz CT molecular complexity index is 1890. The van der Waals surface area contributed by atoms with Gasteiger partial charge in [-0.15, -0.1) is 10.2 Å². The van der Waals surface area contributed by atoms with Crippen molar-refractivity contribution in [3.63, 3.8) is 0 Å². The largest absolute Gasteiger partial charge is 0.508 e. The maximum Gasteiger partial charge on any atom is 0.282 e. The molecule has 0 aliphatic heterocycles. The summed E-state index contributed by atoms with van der Waals surface area (Å²) in [6.45, 7) is 0.962. The van der Waals surface area contributed by atoms with Gasteiger partial charge in [-0.25, -0.2) is 0 Å². The van der Waals surface area contributed by atoms with Crippen LogP contribution in [0.2, 0.25) is 0 Å². The first-order valence-corrected chi connectivity index (χ1v) is 13.4. The van der Waals surface area contributed by atoms with Crippen LogP contribution in [0.3, 0.4) is 0 Å². The lowest BCUT2D eigenvalue weighted by Gasteiger charge is -2.53. The molecule has 3 aliphatic rings. The van der Waals surface area contributed by atoms with Gasteiger partial charge in [0.25, 0.3) is 11.5 Å². The number of hydrogen-bond donors (Lipinski definition) is 9. The van der Waals surface area contributed by atoms with Crippen molar-refractivity contribution < 1.29 is 39.9 Å². The lowest BCUT2D eigenvalue weighted by molar-refractivity contribution is -0.159. The molecule has 0 saturated heterocycles. The maximum atomic E-state index is 14.1. The molecule has 230 valence electrons. The fourth-order valence-corrected chi connectivity index (χ4v) is 6.62. The second-order valence-corrected chi connectivity index (χ2v) is 11.4. The Morgan fingerprint density at radius 2 is 1.86 bits per heavy atom. The van der Waals surface area contributed by atoms with Gasteiger partial charge >= 0.3 is 0 Å². The van der Waals surface area contributed by atoms with E-state index in [1.54, 1.807) is 0 Å². The van der Waals surface area contributed by atoms with Gasteiger partial charge in [-0.1, -0.05) is 12.1 Å². The number of likely N-dealkylation sites (N-methyl/N-ethyl adjacent to an activating group) is 1. The monoisotopic (exact) mass is 608 g/mol. The second-order valence-electron chi connectivity index (χ2n) is 11.4. The number of carbonyl (C=O) groups excluding carboxylic acids is 3. The molecule has 0 bridgehead atoms. The SMILES string of the molecule is CN(C)[C@@H]1C(=O)C(C(=O)NCNc2nc3n[nH]nc3c(=O)[nH]2)=C(O)[C@]2(O)C(=O)C3=C(O)c4c(O)cccc4[C@@](C)(O)[C@H]3C[C@@H]12. The van der Waals surface area contributed by atoms with Gasteiger partial charge in [-0.05, 0) is 39.1 Å². The van der Waals surface area contributed by atoms with Crippen LogP contribution >= 0.6 is 0 Å². The Morgan fingerprint density at radius 3 is 2.57 bits per heavy atom. The summed E-state index contributed by atoms with van der Waals surface area (Å²) in [4.78, 5) is 61.1. The number of phenols is 1. The lowest BCUT2D eigenvalue weighted by atomic mass is 9.54. The average Bonchev–Trinajstić information content (AvgIpc) is 3.43. The summed E-state index contributed by atoms with van der Waals surface area (Å²) in [5.74, 6) is -8.21. The van der Waals surface area contributed by atoms with Crippen LogP contribution in [0.5, 0.6) is 5.75 Å². The van der Waals surface area contributed by atoms with E-state index in [9.17, 15) is 44.7 Å². The van der Waals surface area contributed by atoms with E-state index in [1.165, 1.54) is 44.1 Å². The summed E-state index contributed by atoms with van der Waals surface area (Å²) in [6.07, 6.45) is -0.262. The minimum atomic E-state index is -2.86. The number of anilines is 1. The number of ketones is 2. The highest BCUT2D eigenvalue weighted by molar-refractivity contribution is 6.25. The zero-order chi connectivity index (χ0) is 31.9. The third-order valence-corrected chi connectivity index (χ3v) is 8.70. The van der Waals surface area contributed by atoms with Crippen molar-refractivity contribution in [3.05, 3.63) is 56.6 Å². The number of hydrogen-bond acceptors (Lipinski definition) is 14. The molecule has 5 atom stereocenters. The summed E-state index contributed by atoms with van der Waals surface area (Å²) in [5.41, 5.74) is -6.78. The molecule has 0 unspecified atom stereocenters. The standard InChI is InChI=1S/C27H28N8O9/c1-26(43)9-5-4-6-12(36)13(9)18(37)14-10(26)7-11-17(35(2)3)19(38)15(21(40)27(11,44)20(14)39)23(41)28-8-29-25-30-22-16(24(42)31-25)32-34-33-22/h4-6,10-11,17,36-37,40,43-44H,7-8H2,1-3H3,(H,28,41)(H3,29,30,31,32,33,34,42)/t10-,11-,17-,26+,27+/m0/s1. The Hall–Kier alpha value is -5.13. The molecule has 2 heterocycles. The lowest BCUT2D eigenvalue weighted by Crippen LogP contribution is -2.67. The summed E-state index contributed by atoms with van der Waals surface area (Å²) >= 11 is 0. The third-order valence-electron chi connectivity index (χ3n) is 8.70. The van der Waals surface area contributed by atoms with Crippen LogP contribution in [0, 0.1) is 11.8 Å². The van der Waals surface area contributed by atoms with Crippen LogP contribution in [0.25, 0.3) is 16.9 Å². The van der Waals surface area contributed by atoms with Crippen LogP contribution in [0.15, 0.2) is 39.9 Å². The number of aromatic hydroxyl groups is 1. The van der Waals surface area contributed by atoms with Gasteiger partial charge in [0, 0.05) is 17.4 Å². The molecule has 9 N–H and O–H groups in total. The Morgan fingerprint density at radius 1 is 1.14 bits per heavy atom. The number of benzene rings is 1. The molecule has 2 aromatic heterocycles. The average molecular weight is 609 g/mol. The molecule has 1 saturated carbocycles. The number of H-pyrrole nitrogens is 2. The molecule has 3 aliphatic carbocycles. The van der Waals surface area contributed by atoms with E-state index >= 15 is 0 Å². The van der Waals surface area contributed by atoms with Crippen molar-refractivity contribution in [2.24, 2.45) is 11.8 Å². The molecule has 1 aromatic carbocycles. The first kappa shape index (κ1) is 29.0. The fraction of sp³-hybridized carbons (Fsp3) is 0.370. The molecule has 3 aromatic rings. The van der Waals surface area contributed by atoms with E-state index in [4.69, 9.17) is 0 Å². The zero-order valence-corrected chi connectivity index (χ0v) is 23.5. The molecule has 17 heteroatoms. The summed E-state index contributed by atoms with van der Waals surface area (Å²) < 4.78 is 0. The van der Waals surface area contributed by atoms with Crippen molar-refractivity contribution in [3.8, 4) is 5.75 Å². The van der Waals surface area contributed by atoms with Crippen LogP contribution in [0.1, 0.15) is 24.5 Å². The Balaban J connectivity index is 1.39. The first-order valence-electron chi connectivity index (χ1n) is 13.4. The van der Waals surface area contributed by atoms with E-state index in [-0.39, 0.29) is 34.7 Å². The number of aromatic amines is 2. The molecular formula is C27H28N8O9. The Kier molecular flexibility index (Phi) is 6.38. The number of rotatable bonds is 5. The van der Waals surface area contributed by atoms with Gasteiger partial charge in [-0.3, -0.25) is 29.1 Å². The number of carbonyl (C=O) groups is 3. The van der Waals surface area contributed by atoms with Gasteiger partial charge in [0.2, 0.25) is 17.4 Å². The minimum Gasteiger partial charge on any atom is -0.508 e. The third kappa shape index (κ3) is 3.86. The molecule has 17 nitrogen and oxygen atoms in total. The van der Waals surface area contributed by atoms with Crippen LogP contribution in [0.4, 0.5) is 5.95 Å². The van der Waals surface area contributed by atoms with Gasteiger partial charge in [0.15, 0.2) is 16.9 Å². The normalized spacial score (nSPS) is 28.2. The molecule has 6 rings (SSSR count). The predicted molar refractivity (Wildman–Crippen MR) is 150 cm³/mol. The van der Waals surface area contributed by atoms with Gasteiger partial charge < -0.3 is 36.2 Å². The summed E-state index contributed by atoms with van der Waals surface area (Å²) in [6, 6.07) is 2.88. The van der Waals surface area contributed by atoms with Crippen molar-refractivity contribution in [2.45, 2.75) is 30.6 Å². The number of aliphatic hydroxyl groups excluding tert-OH is 2. The number of Topliss-reactive ketones (excluding diaryl/α,β-unsaturated/α-hetero) is 2. The number of amides is 1. The fourth-order valence-electron chi connectivity index (χ4n) is 6.62. The van der Waals surface area contributed by atoms with Gasteiger partial charge in [0.1, 0.15) is 22.8 Å². The van der Waals surface area contributed by atoms with E-state index in [2.05, 4.69) is 36.0 Å². The molecule has 1 amide bonds. The number of nitrogens with zero attached hydrogens (tertiary/aromatic N) is 4. The van der Waals surface area contributed by atoms with E-state index in [0.29, 0.717) is 0 Å². The maximum absolute atomic E-state index is 14.1. The van der Waals surface area contributed by atoms with Crippen LogP contribution in [-0.4, -0.2) is 106 Å². The molecule has 0 spiro atoms. The van der Waals surface area contributed by atoms with Gasteiger partial charge in [0.05, 0.1) is 23.9 Å². The first-order chi connectivity index (χ1) is 20.7. The second kappa shape index (κ2) is 9.69. The number of phenolic OH excluding ortho intramolecular Hbond substituents is 1. The quantitative estimate of drug-likeness (QED) is 0.120. The number of aliphatic hydroxyl groups is 4. The molecule has 1 fully saturated rings. The number of fused-ring (bicyclic) bond motifs is 4. The van der Waals surface area contributed by atoms with Crippen LogP contribution in [-0.2, 0) is 20.0 Å². The molecule has 0 radical (unpaired) electrons. The minimum absolute atomic E-state index is 0.00298. The number of nitrogens with one attached hydrogen (secondary N) is 4. The summed E-state index contributed by atoms with van der Waals surface area (Å²) in [7, 11) is 2.98. The topological polar surface area (TPSA) is 267 Å². The van der Waals surface area contributed by atoms with E-state index in [0.717, 1.165) is 0 Å². The van der Waals surface area contributed by atoms with Crippen molar-refractivity contribution in [1.82, 2.24) is 35.6 Å². The highest BCUT2D eigenvalue weighted by Crippen LogP contribution is 2.57. The van der Waals surface area contributed by atoms with E-state index < -0.39 is 87.2 Å². The highest BCUT2D eigenvalue weighted by Gasteiger charge is 2.66. The Labute approximate surface area is 246 Å². The van der Waals surface area contributed by atoms with Crippen LogP contribution < -0.4 is 16.2 Å². The molecule has 44 heavy (non-hydrogen) atoms. The molecular weight excluding hydrogens is 580 g/mol. The van der Waals surface area contributed by atoms with E-state index in [1.807, 2.05) is 0 Å². The van der Waals surface area contributed by atoms with Gasteiger partial charge in [-0.2, -0.15) is 10.2 Å². The summed E-state index contributed by atoms with van der Waals surface area (Å²) in [5, 5.41) is 71.2. The van der Waals surface area contributed by atoms with Crippen molar-refractivity contribution in [1.29, 1.82) is 0 Å². The highest BCUT2D eigenvalue weighted by atomic mass is 16.3. The predicted octanol–water partition coefficient (Wildman–Crippen LogP) is -1.32. The smallest absolute Gasteiger partial charge is 0.282 e.